The molecule has 1 aromatic heterocycles. The Morgan fingerprint density at radius 2 is 1.91 bits per heavy atom. The lowest BCUT2D eigenvalue weighted by atomic mass is 10.3. The molecule has 0 unspecified atom stereocenters. The summed E-state index contributed by atoms with van der Waals surface area (Å²) in [5, 5.41) is 2.67. The van der Waals surface area contributed by atoms with Gasteiger partial charge in [0, 0.05) is 0 Å². The number of nitrogens with zero attached hydrogens (tertiary/aromatic N) is 3. The highest BCUT2D eigenvalue weighted by Gasteiger charge is 2.18. The van der Waals surface area contributed by atoms with E-state index in [1.54, 1.807) is 19.1 Å². The van der Waals surface area contributed by atoms with Crippen molar-refractivity contribution in [3.63, 3.8) is 0 Å². The van der Waals surface area contributed by atoms with Crippen molar-refractivity contribution in [1.29, 1.82) is 0 Å². The Bertz CT molecular complexity index is 676. The van der Waals surface area contributed by atoms with Crippen LogP contribution in [-0.4, -0.2) is 32.7 Å². The van der Waals surface area contributed by atoms with E-state index in [0.29, 0.717) is 23.2 Å². The number of rotatable bonds is 6. The van der Waals surface area contributed by atoms with Gasteiger partial charge < -0.3 is 21.5 Å². The molecular weight excluding hydrogens is 316 g/mol. The average molecular weight is 334 g/mol. The normalized spacial score (nSPS) is 11.7. The van der Waals surface area contributed by atoms with Gasteiger partial charge in [-0.3, -0.25) is 4.79 Å². The zero-order valence-electron chi connectivity index (χ0n) is 12.8. The van der Waals surface area contributed by atoms with Crippen LogP contribution in [0.4, 0.5) is 17.6 Å². The van der Waals surface area contributed by atoms with Crippen LogP contribution in [0.3, 0.4) is 0 Å². The van der Waals surface area contributed by atoms with Gasteiger partial charge in [0.15, 0.2) is 5.16 Å². The van der Waals surface area contributed by atoms with Crippen molar-refractivity contribution < 1.29 is 9.53 Å². The van der Waals surface area contributed by atoms with Crippen LogP contribution in [0.5, 0.6) is 5.75 Å². The summed E-state index contributed by atoms with van der Waals surface area (Å²) in [4.78, 5) is 23.9. The summed E-state index contributed by atoms with van der Waals surface area (Å²) in [5.74, 6) is 0.456. The SMILES string of the molecule is CCOc1ccccc1NC(=O)[C@H](C)Sc1nc(N)nc(N)n1. The van der Waals surface area contributed by atoms with Gasteiger partial charge in [-0.25, -0.2) is 0 Å². The van der Waals surface area contributed by atoms with Crippen molar-refractivity contribution in [1.82, 2.24) is 15.0 Å². The molecule has 0 saturated carbocycles. The number of thioether (sulfide) groups is 1. The number of para-hydroxylation sites is 2. The molecule has 0 aliphatic rings. The van der Waals surface area contributed by atoms with E-state index in [1.807, 2.05) is 19.1 Å². The maximum Gasteiger partial charge on any atom is 0.237 e. The van der Waals surface area contributed by atoms with E-state index in [1.165, 1.54) is 0 Å². The molecule has 5 N–H and O–H groups in total. The van der Waals surface area contributed by atoms with Crippen LogP contribution >= 0.6 is 11.8 Å². The van der Waals surface area contributed by atoms with E-state index < -0.39 is 5.25 Å². The molecule has 0 aliphatic carbocycles. The van der Waals surface area contributed by atoms with Crippen LogP contribution in [0.2, 0.25) is 0 Å². The number of aromatic nitrogens is 3. The lowest BCUT2D eigenvalue weighted by Crippen LogP contribution is -2.23. The lowest BCUT2D eigenvalue weighted by molar-refractivity contribution is -0.115. The summed E-state index contributed by atoms with van der Waals surface area (Å²) in [6, 6.07) is 7.24. The van der Waals surface area contributed by atoms with Gasteiger partial charge >= 0.3 is 0 Å². The zero-order chi connectivity index (χ0) is 16.8. The second-order valence-electron chi connectivity index (χ2n) is 4.51. The summed E-state index contributed by atoms with van der Waals surface area (Å²) >= 11 is 1.14. The first-order valence-electron chi connectivity index (χ1n) is 6.96. The third kappa shape index (κ3) is 4.71. The second kappa shape index (κ2) is 7.63. The van der Waals surface area contributed by atoms with Gasteiger partial charge in [0.05, 0.1) is 17.5 Å². The molecule has 0 saturated heterocycles. The third-order valence-corrected chi connectivity index (χ3v) is 3.71. The van der Waals surface area contributed by atoms with E-state index in [0.717, 1.165) is 11.8 Å². The van der Waals surface area contributed by atoms with E-state index in [9.17, 15) is 4.79 Å². The first-order valence-corrected chi connectivity index (χ1v) is 7.84. The summed E-state index contributed by atoms with van der Waals surface area (Å²) in [6.07, 6.45) is 0. The number of benzene rings is 1. The Hall–Kier alpha value is -2.55. The number of amides is 1. The van der Waals surface area contributed by atoms with Crippen molar-refractivity contribution in [2.75, 3.05) is 23.4 Å². The number of carbonyl (C=O) groups excluding carboxylic acids is 1. The number of hydrogen-bond donors (Lipinski definition) is 3. The number of hydrogen-bond acceptors (Lipinski definition) is 8. The Morgan fingerprint density at radius 3 is 2.57 bits per heavy atom. The molecule has 122 valence electrons. The highest BCUT2D eigenvalue weighted by atomic mass is 32.2. The number of carbonyl (C=O) groups is 1. The standard InChI is InChI=1S/C14H18N6O2S/c1-3-22-10-7-5-4-6-9(10)17-11(21)8(2)23-14-19-12(15)18-13(16)20-14/h4-8H,3H2,1-2H3,(H,17,21)(H4,15,16,18,19,20)/t8-/m0/s1. The van der Waals surface area contributed by atoms with Crippen LogP contribution < -0.4 is 21.5 Å². The molecule has 0 aliphatic heterocycles. The Balaban J connectivity index is 2.05. The Morgan fingerprint density at radius 1 is 1.26 bits per heavy atom. The van der Waals surface area contributed by atoms with Crippen molar-refractivity contribution in [3.05, 3.63) is 24.3 Å². The highest BCUT2D eigenvalue weighted by Crippen LogP contribution is 2.26. The fourth-order valence-electron chi connectivity index (χ4n) is 1.74. The topological polar surface area (TPSA) is 129 Å². The molecule has 1 aromatic carbocycles. The molecule has 0 bridgehead atoms. The van der Waals surface area contributed by atoms with Gasteiger partial charge in [-0.05, 0) is 26.0 Å². The van der Waals surface area contributed by atoms with Crippen molar-refractivity contribution in [3.8, 4) is 5.75 Å². The van der Waals surface area contributed by atoms with Gasteiger partial charge in [-0.15, -0.1) is 0 Å². The maximum atomic E-state index is 12.3. The predicted octanol–water partition coefficient (Wildman–Crippen LogP) is 1.55. The molecule has 0 spiro atoms. The third-order valence-electron chi connectivity index (χ3n) is 2.75. The second-order valence-corrected chi connectivity index (χ2v) is 5.82. The molecule has 1 amide bonds. The van der Waals surface area contributed by atoms with Crippen molar-refractivity contribution in [2.45, 2.75) is 24.3 Å². The first kappa shape index (κ1) is 16.8. The average Bonchev–Trinajstić information content (AvgIpc) is 2.48. The molecule has 0 fully saturated rings. The van der Waals surface area contributed by atoms with Gasteiger partial charge in [0.25, 0.3) is 0 Å². The maximum absolute atomic E-state index is 12.3. The molecular formula is C14H18N6O2S. The molecule has 0 radical (unpaired) electrons. The summed E-state index contributed by atoms with van der Waals surface area (Å²) in [6.45, 7) is 4.13. The summed E-state index contributed by atoms with van der Waals surface area (Å²) in [5.41, 5.74) is 11.6. The number of nitrogens with two attached hydrogens (primary N) is 2. The number of nitrogen functional groups attached to an aromatic ring is 2. The molecule has 2 rings (SSSR count). The zero-order valence-corrected chi connectivity index (χ0v) is 13.6. The van der Waals surface area contributed by atoms with Crippen LogP contribution in [0, 0.1) is 0 Å². The highest BCUT2D eigenvalue weighted by molar-refractivity contribution is 8.00. The van der Waals surface area contributed by atoms with Crippen LogP contribution in [-0.2, 0) is 4.79 Å². The quantitative estimate of drug-likeness (QED) is 0.679. The minimum absolute atomic E-state index is 0.0225. The van der Waals surface area contributed by atoms with Gasteiger partial charge in [0.1, 0.15) is 5.75 Å². The minimum atomic E-state index is -0.453. The monoisotopic (exact) mass is 334 g/mol. The molecule has 2 aromatic rings. The molecule has 23 heavy (non-hydrogen) atoms. The fraction of sp³-hybridized carbons (Fsp3) is 0.286. The van der Waals surface area contributed by atoms with Crippen LogP contribution in [0.15, 0.2) is 29.4 Å². The van der Waals surface area contributed by atoms with Gasteiger partial charge in [-0.1, -0.05) is 23.9 Å². The molecule has 1 atom stereocenters. The molecule has 1 heterocycles. The van der Waals surface area contributed by atoms with E-state index in [-0.39, 0.29) is 17.8 Å². The fourth-order valence-corrected chi connectivity index (χ4v) is 2.51. The Kier molecular flexibility index (Phi) is 5.58. The number of ether oxygens (including phenoxy) is 1. The van der Waals surface area contributed by atoms with E-state index >= 15 is 0 Å². The predicted molar refractivity (Wildman–Crippen MR) is 90.2 cm³/mol. The van der Waals surface area contributed by atoms with Crippen molar-refractivity contribution in [2.24, 2.45) is 0 Å². The Labute approximate surface area is 138 Å². The molecule has 9 heteroatoms. The summed E-state index contributed by atoms with van der Waals surface area (Å²) < 4.78 is 5.48. The van der Waals surface area contributed by atoms with Crippen LogP contribution in [0.1, 0.15) is 13.8 Å². The van der Waals surface area contributed by atoms with Crippen molar-refractivity contribution >= 4 is 35.3 Å². The van der Waals surface area contributed by atoms with E-state index in [4.69, 9.17) is 16.2 Å². The summed E-state index contributed by atoms with van der Waals surface area (Å²) in [7, 11) is 0. The van der Waals surface area contributed by atoms with Gasteiger partial charge in [-0.2, -0.15) is 15.0 Å². The lowest BCUT2D eigenvalue weighted by Gasteiger charge is -2.14. The smallest absolute Gasteiger partial charge is 0.237 e. The van der Waals surface area contributed by atoms with Crippen LogP contribution in [0.25, 0.3) is 0 Å². The van der Waals surface area contributed by atoms with Gasteiger partial charge in [0.2, 0.25) is 17.8 Å². The minimum Gasteiger partial charge on any atom is -0.492 e. The largest absolute Gasteiger partial charge is 0.492 e. The molecule has 8 nitrogen and oxygen atoms in total. The number of nitrogens with one attached hydrogen (secondary N) is 1. The number of anilines is 3. The first-order chi connectivity index (χ1) is 11.0. The van der Waals surface area contributed by atoms with E-state index in [2.05, 4.69) is 20.3 Å².